The van der Waals surface area contributed by atoms with E-state index in [4.69, 9.17) is 5.26 Å². The summed E-state index contributed by atoms with van der Waals surface area (Å²) in [6.45, 7) is 0. The maximum Gasteiger partial charge on any atom is 0.161 e. The molecule has 0 aliphatic carbocycles. The van der Waals surface area contributed by atoms with Gasteiger partial charge in [-0.05, 0) is 28.1 Å². The number of halogens is 2. The Hall–Kier alpha value is -1.52. The highest BCUT2D eigenvalue weighted by Crippen LogP contribution is 2.30. The fourth-order valence-electron chi connectivity index (χ4n) is 1.76. The summed E-state index contributed by atoms with van der Waals surface area (Å²) in [5.74, 6) is 2.63. The van der Waals surface area contributed by atoms with Crippen LogP contribution in [0.2, 0.25) is 0 Å². The van der Waals surface area contributed by atoms with Gasteiger partial charge >= 0.3 is 0 Å². The standard InChI is InChI=1S/C11H5Br2N5/c12-3-8-16-9-2-1-7(13)11-15-5-6(4-14)10(17-8)18(9)11/h1-2,5H,3H2. The summed E-state index contributed by atoms with van der Waals surface area (Å²) in [5, 5.41) is 9.67. The molecule has 7 heteroatoms. The third kappa shape index (κ3) is 1.61. The summed E-state index contributed by atoms with van der Waals surface area (Å²) in [4.78, 5) is 14.8. The minimum absolute atomic E-state index is 0.431. The van der Waals surface area contributed by atoms with Crippen molar-refractivity contribution in [3.05, 3.63) is 34.2 Å². The van der Waals surface area contributed by atoms with Gasteiger partial charge in [0, 0.05) is 0 Å². The van der Waals surface area contributed by atoms with Gasteiger partial charge in [0.05, 0.1) is 16.0 Å². The molecule has 3 aliphatic heterocycles. The van der Waals surface area contributed by atoms with Gasteiger partial charge in [0.25, 0.3) is 0 Å². The van der Waals surface area contributed by atoms with Crippen molar-refractivity contribution >= 4 is 49.4 Å². The fourth-order valence-corrected chi connectivity index (χ4v) is 2.42. The lowest BCUT2D eigenvalue weighted by molar-refractivity contribution is 0.718. The molecule has 3 rings (SSSR count). The van der Waals surface area contributed by atoms with E-state index >= 15 is 0 Å². The molecule has 0 spiro atoms. The number of alkyl halides is 1. The van der Waals surface area contributed by atoms with Gasteiger partial charge in [0.15, 0.2) is 11.7 Å². The first-order chi connectivity index (χ1) is 8.74. The lowest BCUT2D eigenvalue weighted by Gasteiger charge is -2.33. The van der Waals surface area contributed by atoms with Crippen LogP contribution in [0.25, 0.3) is 0 Å². The minimum atomic E-state index is 0.431. The van der Waals surface area contributed by atoms with Gasteiger partial charge in [-0.3, -0.25) is 4.90 Å². The van der Waals surface area contributed by atoms with Crippen molar-refractivity contribution in [2.24, 2.45) is 15.0 Å². The Morgan fingerprint density at radius 3 is 2.83 bits per heavy atom. The van der Waals surface area contributed by atoms with E-state index in [-0.39, 0.29) is 0 Å². The summed E-state index contributed by atoms with van der Waals surface area (Å²) >= 11 is 6.76. The summed E-state index contributed by atoms with van der Waals surface area (Å²) in [6.07, 6.45) is 5.27. The monoisotopic (exact) mass is 365 g/mol. The maximum absolute atomic E-state index is 9.13. The van der Waals surface area contributed by atoms with Crippen LogP contribution in [0.3, 0.4) is 0 Å². The minimum Gasteiger partial charge on any atom is -0.260 e. The Kier molecular flexibility index (Phi) is 2.76. The Labute approximate surface area is 120 Å². The Morgan fingerprint density at radius 1 is 1.28 bits per heavy atom. The van der Waals surface area contributed by atoms with Crippen molar-refractivity contribution in [2.75, 3.05) is 5.33 Å². The molecule has 0 radical (unpaired) electrons. The van der Waals surface area contributed by atoms with E-state index in [1.165, 1.54) is 6.20 Å². The number of hydrogen-bond acceptors (Lipinski definition) is 5. The molecule has 0 atom stereocenters. The average Bonchev–Trinajstić information content (AvgIpc) is 2.42. The zero-order valence-corrected chi connectivity index (χ0v) is 12.1. The number of rotatable bonds is 1. The molecule has 0 N–H and O–H groups in total. The molecule has 0 bridgehead atoms. The number of nitriles is 1. The van der Waals surface area contributed by atoms with Gasteiger partial charge in [0.2, 0.25) is 0 Å². The lowest BCUT2D eigenvalue weighted by atomic mass is 10.1. The van der Waals surface area contributed by atoms with Gasteiger partial charge in [-0.15, -0.1) is 0 Å². The maximum atomic E-state index is 9.13. The highest BCUT2D eigenvalue weighted by Gasteiger charge is 2.33. The predicted octanol–water partition coefficient (Wildman–Crippen LogP) is 2.45. The summed E-state index contributed by atoms with van der Waals surface area (Å²) < 4.78 is 0.838. The van der Waals surface area contributed by atoms with E-state index in [1.54, 1.807) is 4.90 Å². The largest absolute Gasteiger partial charge is 0.260 e. The molecule has 0 unspecified atom stereocenters. The highest BCUT2D eigenvalue weighted by atomic mass is 79.9. The topological polar surface area (TPSA) is 64.1 Å². The molecular formula is C11H5Br2N5. The molecule has 0 fully saturated rings. The smallest absolute Gasteiger partial charge is 0.161 e. The molecular weight excluding hydrogens is 362 g/mol. The zero-order chi connectivity index (χ0) is 12.7. The second-order valence-electron chi connectivity index (χ2n) is 3.58. The Morgan fingerprint density at radius 2 is 2.11 bits per heavy atom. The summed E-state index contributed by atoms with van der Waals surface area (Å²) in [5.41, 5.74) is 0.431. The van der Waals surface area contributed by atoms with E-state index in [1.807, 2.05) is 12.2 Å². The molecule has 3 aliphatic rings. The zero-order valence-electron chi connectivity index (χ0n) is 8.93. The van der Waals surface area contributed by atoms with Crippen LogP contribution < -0.4 is 0 Å². The third-order valence-electron chi connectivity index (χ3n) is 2.52. The fraction of sp³-hybridized carbons (Fsp3) is 0.0909. The molecule has 0 saturated heterocycles. The molecule has 18 heavy (non-hydrogen) atoms. The van der Waals surface area contributed by atoms with Crippen molar-refractivity contribution in [3.8, 4) is 6.07 Å². The van der Waals surface area contributed by atoms with Crippen molar-refractivity contribution < 1.29 is 0 Å². The highest BCUT2D eigenvalue weighted by molar-refractivity contribution is 9.12. The van der Waals surface area contributed by atoms with E-state index in [2.05, 4.69) is 52.9 Å². The molecule has 0 aromatic carbocycles. The summed E-state index contributed by atoms with van der Waals surface area (Å²) in [7, 11) is 0. The van der Waals surface area contributed by atoms with Crippen LogP contribution >= 0.6 is 31.9 Å². The summed E-state index contributed by atoms with van der Waals surface area (Å²) in [6, 6.07) is 2.10. The first-order valence-electron chi connectivity index (χ1n) is 5.03. The first kappa shape index (κ1) is 11.6. The van der Waals surface area contributed by atoms with Crippen LogP contribution in [0.4, 0.5) is 0 Å². The number of nitrogens with zero attached hydrogens (tertiary/aromatic N) is 5. The van der Waals surface area contributed by atoms with E-state index in [0.29, 0.717) is 28.4 Å². The normalized spacial score (nSPS) is 20.6. The average molecular weight is 367 g/mol. The molecule has 88 valence electrons. The van der Waals surface area contributed by atoms with E-state index in [0.717, 1.165) is 10.3 Å². The molecule has 5 nitrogen and oxygen atoms in total. The molecule has 0 amide bonds. The van der Waals surface area contributed by atoms with Crippen LogP contribution in [0.15, 0.2) is 49.2 Å². The molecule has 3 heterocycles. The quantitative estimate of drug-likeness (QED) is 0.669. The van der Waals surface area contributed by atoms with E-state index < -0.39 is 0 Å². The van der Waals surface area contributed by atoms with Crippen LogP contribution in [0.1, 0.15) is 0 Å². The first-order valence-corrected chi connectivity index (χ1v) is 6.94. The molecule has 0 aromatic heterocycles. The van der Waals surface area contributed by atoms with Crippen molar-refractivity contribution in [1.29, 1.82) is 5.26 Å². The molecule has 0 saturated carbocycles. The van der Waals surface area contributed by atoms with Gasteiger partial charge in [0.1, 0.15) is 23.3 Å². The number of aliphatic imine (C=N–C) groups is 3. The van der Waals surface area contributed by atoms with Crippen LogP contribution in [-0.2, 0) is 0 Å². The van der Waals surface area contributed by atoms with Crippen LogP contribution in [0.5, 0.6) is 0 Å². The lowest BCUT2D eigenvalue weighted by Crippen LogP contribution is -2.42. The van der Waals surface area contributed by atoms with Crippen molar-refractivity contribution in [3.63, 3.8) is 0 Å². The SMILES string of the molecule is N#CC1=CN=C2C(Br)=CC=C3N=C(CBr)N=C1N32. The Bertz CT molecular complexity index is 657. The number of allylic oxidation sites excluding steroid dienone is 2. The second-order valence-corrected chi connectivity index (χ2v) is 4.99. The van der Waals surface area contributed by atoms with Crippen LogP contribution in [-0.4, -0.2) is 27.7 Å². The second kappa shape index (κ2) is 4.30. The van der Waals surface area contributed by atoms with Gasteiger partial charge in [-0.2, -0.15) is 5.26 Å². The van der Waals surface area contributed by atoms with E-state index in [9.17, 15) is 0 Å². The predicted molar refractivity (Wildman–Crippen MR) is 76.7 cm³/mol. The van der Waals surface area contributed by atoms with Crippen molar-refractivity contribution in [1.82, 2.24) is 4.90 Å². The third-order valence-corrected chi connectivity index (χ3v) is 3.64. The van der Waals surface area contributed by atoms with Crippen molar-refractivity contribution in [2.45, 2.75) is 0 Å². The molecule has 0 aromatic rings. The van der Waals surface area contributed by atoms with Gasteiger partial charge in [-0.25, -0.2) is 15.0 Å². The number of hydrogen-bond donors (Lipinski definition) is 0. The van der Waals surface area contributed by atoms with Gasteiger partial charge in [-0.1, -0.05) is 15.9 Å². The van der Waals surface area contributed by atoms with Gasteiger partial charge < -0.3 is 0 Å². The van der Waals surface area contributed by atoms with Crippen LogP contribution in [0, 0.1) is 11.3 Å². The Balaban J connectivity index is 2.24. The number of amidine groups is 3.